The van der Waals surface area contributed by atoms with Crippen LogP contribution in [-0.4, -0.2) is 16.5 Å². The van der Waals surface area contributed by atoms with Crippen LogP contribution in [-0.2, 0) is 0 Å². The highest BCUT2D eigenvalue weighted by molar-refractivity contribution is 7.99. The van der Waals surface area contributed by atoms with Gasteiger partial charge in [0.25, 0.3) is 0 Å². The van der Waals surface area contributed by atoms with E-state index >= 15 is 0 Å². The van der Waals surface area contributed by atoms with Crippen molar-refractivity contribution in [3.8, 4) is 0 Å². The van der Waals surface area contributed by atoms with Crippen molar-refractivity contribution in [2.75, 3.05) is 11.9 Å². The molecule has 2 aromatic rings. The fraction of sp³-hybridized carbons (Fsp3) is 0.167. The van der Waals surface area contributed by atoms with Gasteiger partial charge in [0.2, 0.25) is 5.95 Å². The average molecular weight is 284 g/mol. The molecule has 1 aromatic carbocycles. The van der Waals surface area contributed by atoms with E-state index in [9.17, 15) is 4.39 Å². The van der Waals surface area contributed by atoms with Crippen LogP contribution >= 0.6 is 23.4 Å². The molecule has 18 heavy (non-hydrogen) atoms. The van der Waals surface area contributed by atoms with Crippen LogP contribution in [0.15, 0.2) is 40.4 Å². The van der Waals surface area contributed by atoms with Gasteiger partial charge in [0.05, 0.1) is 11.2 Å². The molecule has 3 nitrogen and oxygen atoms in total. The van der Waals surface area contributed by atoms with Crippen molar-refractivity contribution in [2.24, 2.45) is 0 Å². The lowest BCUT2D eigenvalue weighted by molar-refractivity contribution is 0.580. The quantitative estimate of drug-likeness (QED) is 0.865. The second-order valence-corrected chi connectivity index (χ2v) is 4.85. The van der Waals surface area contributed by atoms with Gasteiger partial charge in [-0.3, -0.25) is 0 Å². The molecule has 0 aliphatic rings. The zero-order chi connectivity index (χ0) is 13.0. The normalized spacial score (nSPS) is 10.4. The number of rotatable bonds is 4. The highest BCUT2D eigenvalue weighted by atomic mass is 35.5. The van der Waals surface area contributed by atoms with Crippen LogP contribution in [0.3, 0.4) is 0 Å². The highest BCUT2D eigenvalue weighted by Crippen LogP contribution is 2.33. The first-order valence-electron chi connectivity index (χ1n) is 5.39. The fourth-order valence-corrected chi connectivity index (χ4v) is 2.35. The summed E-state index contributed by atoms with van der Waals surface area (Å²) in [6.07, 6.45) is 1.16. The van der Waals surface area contributed by atoms with Crippen LogP contribution in [0.4, 0.5) is 10.3 Å². The third kappa shape index (κ3) is 3.11. The molecule has 0 bridgehead atoms. The molecule has 0 atom stereocenters. The molecular weight excluding hydrogens is 273 g/mol. The van der Waals surface area contributed by atoms with Crippen LogP contribution in [0.25, 0.3) is 0 Å². The molecule has 0 saturated carbocycles. The molecule has 6 heteroatoms. The number of nitrogens with one attached hydrogen (secondary N) is 1. The SMILES string of the molecule is CCNc1ncc(F)c(Sc2ccccc2Cl)n1. The first-order chi connectivity index (χ1) is 8.70. The minimum absolute atomic E-state index is 0.258. The molecule has 0 saturated heterocycles. The molecule has 0 amide bonds. The Balaban J connectivity index is 2.28. The number of hydrogen-bond donors (Lipinski definition) is 1. The molecule has 1 aromatic heterocycles. The summed E-state index contributed by atoms with van der Waals surface area (Å²) in [5.41, 5.74) is 0. The number of aromatic nitrogens is 2. The highest BCUT2D eigenvalue weighted by Gasteiger charge is 2.10. The zero-order valence-electron chi connectivity index (χ0n) is 9.65. The number of hydrogen-bond acceptors (Lipinski definition) is 4. The summed E-state index contributed by atoms with van der Waals surface area (Å²) < 4.78 is 13.6. The summed E-state index contributed by atoms with van der Waals surface area (Å²) in [6.45, 7) is 2.61. The fourth-order valence-electron chi connectivity index (χ4n) is 1.30. The van der Waals surface area contributed by atoms with Gasteiger partial charge in [0.1, 0.15) is 5.03 Å². The zero-order valence-corrected chi connectivity index (χ0v) is 11.2. The summed E-state index contributed by atoms with van der Waals surface area (Å²) in [7, 11) is 0. The van der Waals surface area contributed by atoms with E-state index in [1.54, 1.807) is 6.07 Å². The van der Waals surface area contributed by atoms with Gasteiger partial charge < -0.3 is 5.32 Å². The molecule has 0 unspecified atom stereocenters. The van der Waals surface area contributed by atoms with Crippen LogP contribution in [0, 0.1) is 5.82 Å². The molecule has 0 radical (unpaired) electrons. The van der Waals surface area contributed by atoms with Crippen LogP contribution < -0.4 is 5.32 Å². The summed E-state index contributed by atoms with van der Waals surface area (Å²) in [5.74, 6) is -0.0463. The van der Waals surface area contributed by atoms with Gasteiger partial charge in [0, 0.05) is 11.4 Å². The van der Waals surface area contributed by atoms with Gasteiger partial charge in [-0.1, -0.05) is 35.5 Å². The van der Waals surface area contributed by atoms with Crippen molar-refractivity contribution in [3.05, 3.63) is 41.3 Å². The minimum Gasteiger partial charge on any atom is -0.354 e. The van der Waals surface area contributed by atoms with Crippen LogP contribution in [0.1, 0.15) is 6.92 Å². The Hall–Kier alpha value is -1.33. The summed E-state index contributed by atoms with van der Waals surface area (Å²) in [6, 6.07) is 7.25. The molecule has 0 aliphatic heterocycles. The predicted molar refractivity (Wildman–Crippen MR) is 71.7 cm³/mol. The maximum atomic E-state index is 13.6. The van der Waals surface area contributed by atoms with E-state index < -0.39 is 5.82 Å². The Labute approximate surface area is 114 Å². The first kappa shape index (κ1) is 13.1. The predicted octanol–water partition coefficient (Wildman–Crippen LogP) is 3.85. The first-order valence-corrected chi connectivity index (χ1v) is 6.59. The third-order valence-electron chi connectivity index (χ3n) is 2.09. The smallest absolute Gasteiger partial charge is 0.223 e. The third-order valence-corrected chi connectivity index (χ3v) is 3.59. The number of anilines is 1. The van der Waals surface area contributed by atoms with Crippen molar-refractivity contribution in [2.45, 2.75) is 16.8 Å². The molecule has 1 N–H and O–H groups in total. The maximum absolute atomic E-state index is 13.6. The monoisotopic (exact) mass is 283 g/mol. The molecule has 0 fully saturated rings. The lowest BCUT2D eigenvalue weighted by atomic mass is 10.4. The van der Waals surface area contributed by atoms with Crippen LogP contribution in [0.5, 0.6) is 0 Å². The summed E-state index contributed by atoms with van der Waals surface area (Å²) >= 11 is 7.21. The van der Waals surface area contributed by atoms with E-state index in [1.807, 2.05) is 25.1 Å². The van der Waals surface area contributed by atoms with E-state index in [4.69, 9.17) is 11.6 Å². The molecule has 2 rings (SSSR count). The Morgan fingerprint density at radius 1 is 1.39 bits per heavy atom. The Morgan fingerprint density at radius 3 is 2.89 bits per heavy atom. The lowest BCUT2D eigenvalue weighted by Crippen LogP contribution is -2.03. The molecule has 0 spiro atoms. The second-order valence-electron chi connectivity index (χ2n) is 3.41. The van der Waals surface area contributed by atoms with Gasteiger partial charge in [-0.15, -0.1) is 0 Å². The standard InChI is InChI=1S/C12H11ClFN3S/c1-2-15-12-16-7-9(14)11(17-12)18-10-6-4-3-5-8(10)13/h3-7H,2H2,1H3,(H,15,16,17). The second kappa shape index (κ2) is 6.02. The maximum Gasteiger partial charge on any atom is 0.223 e. The van der Waals surface area contributed by atoms with Crippen molar-refractivity contribution in [3.63, 3.8) is 0 Å². The molecular formula is C12H11ClFN3S. The number of benzene rings is 1. The van der Waals surface area contributed by atoms with Gasteiger partial charge in [0.15, 0.2) is 5.82 Å². The van der Waals surface area contributed by atoms with Crippen molar-refractivity contribution in [1.29, 1.82) is 0 Å². The van der Waals surface area contributed by atoms with E-state index in [1.165, 1.54) is 11.8 Å². The van der Waals surface area contributed by atoms with Crippen molar-refractivity contribution >= 4 is 29.3 Å². The Kier molecular flexibility index (Phi) is 4.38. The topological polar surface area (TPSA) is 37.8 Å². The minimum atomic E-state index is -0.457. The van der Waals surface area contributed by atoms with Gasteiger partial charge in [-0.25, -0.2) is 14.4 Å². The summed E-state index contributed by atoms with van der Waals surface area (Å²) in [4.78, 5) is 8.72. The molecule has 1 heterocycles. The van der Waals surface area contributed by atoms with Crippen molar-refractivity contribution < 1.29 is 4.39 Å². The van der Waals surface area contributed by atoms with E-state index in [0.29, 0.717) is 17.5 Å². The van der Waals surface area contributed by atoms with Gasteiger partial charge >= 0.3 is 0 Å². The van der Waals surface area contributed by atoms with E-state index in [2.05, 4.69) is 15.3 Å². The number of halogens is 2. The van der Waals surface area contributed by atoms with Gasteiger partial charge in [-0.2, -0.15) is 0 Å². The average Bonchev–Trinajstić information content (AvgIpc) is 2.36. The Morgan fingerprint density at radius 2 is 2.17 bits per heavy atom. The van der Waals surface area contributed by atoms with E-state index in [-0.39, 0.29) is 5.03 Å². The largest absolute Gasteiger partial charge is 0.354 e. The number of nitrogens with zero attached hydrogens (tertiary/aromatic N) is 2. The van der Waals surface area contributed by atoms with E-state index in [0.717, 1.165) is 11.1 Å². The van der Waals surface area contributed by atoms with Gasteiger partial charge in [-0.05, 0) is 19.1 Å². The van der Waals surface area contributed by atoms with Crippen molar-refractivity contribution in [1.82, 2.24) is 9.97 Å². The Bertz CT molecular complexity index is 551. The molecule has 94 valence electrons. The lowest BCUT2D eigenvalue weighted by Gasteiger charge is -2.06. The molecule has 0 aliphatic carbocycles. The summed E-state index contributed by atoms with van der Waals surface area (Å²) in [5, 5.41) is 3.77. The van der Waals surface area contributed by atoms with Crippen LogP contribution in [0.2, 0.25) is 5.02 Å².